The molecule has 21 heavy (non-hydrogen) atoms. The highest BCUT2D eigenvalue weighted by atomic mass is 16.2. The fourth-order valence-corrected chi connectivity index (χ4v) is 2.08. The topological polar surface area (TPSA) is 123 Å². The van der Waals surface area contributed by atoms with Crippen LogP contribution in [0.5, 0.6) is 0 Å². The lowest BCUT2D eigenvalue weighted by atomic mass is 10.1. The minimum absolute atomic E-state index is 0.0708. The van der Waals surface area contributed by atoms with Gasteiger partial charge in [-0.3, -0.25) is 9.59 Å². The van der Waals surface area contributed by atoms with Crippen molar-refractivity contribution in [2.24, 2.45) is 11.6 Å². The van der Waals surface area contributed by atoms with Gasteiger partial charge in [0, 0.05) is 17.8 Å². The summed E-state index contributed by atoms with van der Waals surface area (Å²) in [6.07, 6.45) is 0.0708. The van der Waals surface area contributed by atoms with Crippen molar-refractivity contribution >= 4 is 28.4 Å². The van der Waals surface area contributed by atoms with E-state index in [0.717, 1.165) is 10.8 Å². The standard InChI is InChI=1S/C14H17N5O2/c1-8(6-12(15)20)17-14(21)11-7-9-4-2-3-5-10(9)13(18-11)19-16/h2-5,7-8H,6,16H2,1H3,(H2,15,20)(H,17,21)(H,18,19). The Morgan fingerprint density at radius 1 is 1.33 bits per heavy atom. The fraction of sp³-hybridized carbons (Fsp3) is 0.214. The number of fused-ring (bicyclic) bond motifs is 1. The van der Waals surface area contributed by atoms with E-state index in [9.17, 15) is 9.59 Å². The molecule has 2 rings (SSSR count). The van der Waals surface area contributed by atoms with Crippen molar-refractivity contribution in [1.29, 1.82) is 0 Å². The molecule has 1 heterocycles. The van der Waals surface area contributed by atoms with E-state index in [1.165, 1.54) is 0 Å². The Balaban J connectivity index is 2.29. The fourth-order valence-electron chi connectivity index (χ4n) is 2.08. The lowest BCUT2D eigenvalue weighted by Gasteiger charge is -2.13. The van der Waals surface area contributed by atoms with Crippen molar-refractivity contribution in [2.75, 3.05) is 5.43 Å². The second kappa shape index (κ2) is 6.19. The van der Waals surface area contributed by atoms with E-state index in [-0.39, 0.29) is 24.1 Å². The molecule has 2 amide bonds. The number of hydrogen-bond acceptors (Lipinski definition) is 5. The maximum atomic E-state index is 12.2. The van der Waals surface area contributed by atoms with Crippen LogP contribution in [0.1, 0.15) is 23.8 Å². The number of carbonyl (C=O) groups excluding carboxylic acids is 2. The summed E-state index contributed by atoms with van der Waals surface area (Å²) in [6.45, 7) is 1.70. The zero-order valence-electron chi connectivity index (χ0n) is 11.6. The lowest BCUT2D eigenvalue weighted by molar-refractivity contribution is -0.118. The number of hydrogen-bond donors (Lipinski definition) is 4. The number of primary amides is 1. The number of nitrogen functional groups attached to an aromatic ring is 1. The molecule has 0 radical (unpaired) electrons. The third-order valence-corrected chi connectivity index (χ3v) is 2.99. The van der Waals surface area contributed by atoms with Crippen LogP contribution in [-0.4, -0.2) is 22.8 Å². The Kier molecular flexibility index (Phi) is 4.34. The molecule has 7 heteroatoms. The minimum Gasteiger partial charge on any atom is -0.370 e. The van der Waals surface area contributed by atoms with Gasteiger partial charge in [0.05, 0.1) is 0 Å². The predicted octanol–water partition coefficient (Wildman–Crippen LogP) is 0.514. The molecule has 0 aliphatic heterocycles. The maximum Gasteiger partial charge on any atom is 0.270 e. The van der Waals surface area contributed by atoms with Gasteiger partial charge in [0.25, 0.3) is 5.91 Å². The van der Waals surface area contributed by atoms with E-state index < -0.39 is 5.91 Å². The van der Waals surface area contributed by atoms with E-state index in [4.69, 9.17) is 11.6 Å². The van der Waals surface area contributed by atoms with E-state index in [1.807, 2.05) is 24.3 Å². The summed E-state index contributed by atoms with van der Waals surface area (Å²) in [5.41, 5.74) is 7.80. The quantitative estimate of drug-likeness (QED) is 0.471. The minimum atomic E-state index is -0.474. The van der Waals surface area contributed by atoms with Crippen molar-refractivity contribution < 1.29 is 9.59 Å². The van der Waals surface area contributed by atoms with Crippen LogP contribution in [0, 0.1) is 0 Å². The highest BCUT2D eigenvalue weighted by molar-refractivity contribution is 6.00. The zero-order valence-corrected chi connectivity index (χ0v) is 11.6. The molecule has 2 aromatic rings. The molecule has 1 aromatic carbocycles. The molecule has 6 N–H and O–H groups in total. The monoisotopic (exact) mass is 287 g/mol. The van der Waals surface area contributed by atoms with Gasteiger partial charge < -0.3 is 16.5 Å². The SMILES string of the molecule is CC(CC(N)=O)NC(=O)c1cc2ccccc2c(NN)n1. The van der Waals surface area contributed by atoms with Gasteiger partial charge in [-0.2, -0.15) is 0 Å². The summed E-state index contributed by atoms with van der Waals surface area (Å²) in [5, 5.41) is 4.33. The summed E-state index contributed by atoms with van der Waals surface area (Å²) in [7, 11) is 0. The van der Waals surface area contributed by atoms with Gasteiger partial charge in [0.1, 0.15) is 11.5 Å². The molecule has 1 unspecified atom stereocenters. The summed E-state index contributed by atoms with van der Waals surface area (Å²) in [5.74, 6) is 5.01. The number of nitrogens with two attached hydrogens (primary N) is 2. The van der Waals surface area contributed by atoms with Crippen LogP contribution < -0.4 is 22.3 Å². The number of rotatable bonds is 5. The Labute approximate surface area is 121 Å². The van der Waals surface area contributed by atoms with Gasteiger partial charge in [0.15, 0.2) is 0 Å². The summed E-state index contributed by atoms with van der Waals surface area (Å²) >= 11 is 0. The largest absolute Gasteiger partial charge is 0.370 e. The molecule has 0 fully saturated rings. The number of aromatic nitrogens is 1. The van der Waals surface area contributed by atoms with Crippen LogP contribution in [-0.2, 0) is 4.79 Å². The van der Waals surface area contributed by atoms with E-state index in [2.05, 4.69) is 15.7 Å². The highest BCUT2D eigenvalue weighted by Gasteiger charge is 2.15. The van der Waals surface area contributed by atoms with Gasteiger partial charge in [-0.1, -0.05) is 24.3 Å². The first-order chi connectivity index (χ1) is 10.0. The van der Waals surface area contributed by atoms with E-state index in [0.29, 0.717) is 5.82 Å². The summed E-state index contributed by atoms with van der Waals surface area (Å²) < 4.78 is 0. The van der Waals surface area contributed by atoms with Crippen LogP contribution in [0.4, 0.5) is 5.82 Å². The number of pyridine rings is 1. The molecule has 110 valence electrons. The van der Waals surface area contributed by atoms with E-state index in [1.54, 1.807) is 13.0 Å². The van der Waals surface area contributed by atoms with Crippen molar-refractivity contribution in [3.63, 3.8) is 0 Å². The average molecular weight is 287 g/mol. The second-order valence-electron chi connectivity index (χ2n) is 4.77. The molecule has 1 aromatic heterocycles. The van der Waals surface area contributed by atoms with Gasteiger partial charge in [-0.25, -0.2) is 10.8 Å². The van der Waals surface area contributed by atoms with Crippen molar-refractivity contribution in [2.45, 2.75) is 19.4 Å². The van der Waals surface area contributed by atoms with Gasteiger partial charge >= 0.3 is 0 Å². The lowest BCUT2D eigenvalue weighted by Crippen LogP contribution is -2.36. The van der Waals surface area contributed by atoms with Crippen LogP contribution in [0.25, 0.3) is 10.8 Å². The van der Waals surface area contributed by atoms with Gasteiger partial charge in [-0.15, -0.1) is 0 Å². The number of carbonyl (C=O) groups is 2. The zero-order chi connectivity index (χ0) is 15.4. The molecule has 1 atom stereocenters. The summed E-state index contributed by atoms with van der Waals surface area (Å²) in [4.78, 5) is 27.2. The molecule has 0 aliphatic rings. The van der Waals surface area contributed by atoms with Crippen molar-refractivity contribution in [1.82, 2.24) is 10.3 Å². The van der Waals surface area contributed by atoms with Crippen molar-refractivity contribution in [3.05, 3.63) is 36.0 Å². The Morgan fingerprint density at radius 2 is 2.05 bits per heavy atom. The highest BCUT2D eigenvalue weighted by Crippen LogP contribution is 2.21. The van der Waals surface area contributed by atoms with Crippen LogP contribution in [0.3, 0.4) is 0 Å². The number of amides is 2. The first kappa shape index (κ1) is 14.7. The molecular weight excluding hydrogens is 270 g/mol. The van der Waals surface area contributed by atoms with Gasteiger partial charge in [0.2, 0.25) is 5.91 Å². The molecule has 0 spiro atoms. The number of anilines is 1. The number of nitrogens with one attached hydrogen (secondary N) is 2. The number of nitrogens with zero attached hydrogens (tertiary/aromatic N) is 1. The van der Waals surface area contributed by atoms with Crippen LogP contribution in [0.2, 0.25) is 0 Å². The number of benzene rings is 1. The Morgan fingerprint density at radius 3 is 2.71 bits per heavy atom. The first-order valence-corrected chi connectivity index (χ1v) is 6.47. The third kappa shape index (κ3) is 3.46. The number of hydrazine groups is 1. The normalized spacial score (nSPS) is 11.9. The first-order valence-electron chi connectivity index (χ1n) is 6.47. The second-order valence-corrected chi connectivity index (χ2v) is 4.77. The Hall–Kier alpha value is -2.67. The van der Waals surface area contributed by atoms with Crippen LogP contribution in [0.15, 0.2) is 30.3 Å². The summed E-state index contributed by atoms with van der Waals surface area (Å²) in [6, 6.07) is 8.75. The molecule has 0 aliphatic carbocycles. The molecular formula is C14H17N5O2. The smallest absolute Gasteiger partial charge is 0.270 e. The molecule has 0 saturated heterocycles. The predicted molar refractivity (Wildman–Crippen MR) is 80.3 cm³/mol. The third-order valence-electron chi connectivity index (χ3n) is 2.99. The Bertz CT molecular complexity index is 686. The van der Waals surface area contributed by atoms with Gasteiger partial charge in [-0.05, 0) is 18.4 Å². The van der Waals surface area contributed by atoms with Crippen LogP contribution >= 0.6 is 0 Å². The molecule has 7 nitrogen and oxygen atoms in total. The van der Waals surface area contributed by atoms with Crippen molar-refractivity contribution in [3.8, 4) is 0 Å². The molecule has 0 bridgehead atoms. The average Bonchev–Trinajstić information content (AvgIpc) is 2.44. The van der Waals surface area contributed by atoms with E-state index >= 15 is 0 Å². The maximum absolute atomic E-state index is 12.2. The molecule has 0 saturated carbocycles.